The van der Waals surface area contributed by atoms with Gasteiger partial charge in [-0.05, 0) is 31.0 Å². The highest BCUT2D eigenvalue weighted by molar-refractivity contribution is 9.10. The van der Waals surface area contributed by atoms with Crippen LogP contribution in [-0.4, -0.2) is 18.4 Å². The van der Waals surface area contributed by atoms with Crippen LogP contribution in [0.2, 0.25) is 0 Å². The average molecular weight is 369 g/mol. The molecule has 0 heterocycles. The quantitative estimate of drug-likeness (QED) is 0.771. The fraction of sp³-hybridized carbons (Fsp3) is 0.235. The maximum atomic E-state index is 12.0. The van der Waals surface area contributed by atoms with Gasteiger partial charge in [0.2, 0.25) is 0 Å². The number of carbonyl (C=O) groups excluding carboxylic acids is 1. The second kappa shape index (κ2) is 8.98. The Kier molecular flexibility index (Phi) is 7.65. The Bertz CT molecular complexity index is 557. The van der Waals surface area contributed by atoms with Gasteiger partial charge in [-0.1, -0.05) is 58.4 Å². The van der Waals surface area contributed by atoms with Gasteiger partial charge in [0, 0.05) is 16.1 Å². The van der Waals surface area contributed by atoms with E-state index in [1.807, 2.05) is 42.5 Å². The molecule has 0 aliphatic rings. The Balaban J connectivity index is 0.00000220. The van der Waals surface area contributed by atoms with Gasteiger partial charge >= 0.3 is 0 Å². The maximum Gasteiger partial charge on any atom is 0.176 e. The van der Waals surface area contributed by atoms with Crippen LogP contribution in [0.1, 0.15) is 22.8 Å². The van der Waals surface area contributed by atoms with Crippen LogP contribution in [0.3, 0.4) is 0 Å². The molecule has 0 aliphatic carbocycles. The molecule has 2 aromatic rings. The van der Waals surface area contributed by atoms with Crippen LogP contribution in [0.15, 0.2) is 59.1 Å². The minimum Gasteiger partial charge on any atom is -0.307 e. The minimum atomic E-state index is 0. The summed E-state index contributed by atoms with van der Waals surface area (Å²) in [6.07, 6.45) is 0.925. The molecule has 0 bridgehead atoms. The molecule has 2 nitrogen and oxygen atoms in total. The third kappa shape index (κ3) is 6.00. The molecule has 2 aromatic carbocycles. The summed E-state index contributed by atoms with van der Waals surface area (Å²) in [6.45, 7) is 2.47. The third-order valence-corrected chi connectivity index (χ3v) is 3.69. The van der Waals surface area contributed by atoms with Gasteiger partial charge in [0.05, 0.1) is 6.54 Å². The Morgan fingerprint density at radius 2 is 1.71 bits per heavy atom. The van der Waals surface area contributed by atoms with E-state index in [2.05, 4.69) is 40.3 Å². The van der Waals surface area contributed by atoms with Gasteiger partial charge in [-0.25, -0.2) is 0 Å². The lowest BCUT2D eigenvalue weighted by molar-refractivity contribution is 0.0988. The number of carbonyl (C=O) groups is 1. The van der Waals surface area contributed by atoms with Crippen molar-refractivity contribution in [2.45, 2.75) is 19.4 Å². The predicted molar refractivity (Wildman–Crippen MR) is 93.3 cm³/mol. The zero-order valence-corrected chi connectivity index (χ0v) is 14.3. The lowest BCUT2D eigenvalue weighted by atomic mass is 10.1. The zero-order chi connectivity index (χ0) is 14.4. The number of hydrogen-bond donors (Lipinski definition) is 1. The summed E-state index contributed by atoms with van der Waals surface area (Å²) in [5.41, 5.74) is 2.02. The van der Waals surface area contributed by atoms with E-state index >= 15 is 0 Å². The van der Waals surface area contributed by atoms with E-state index in [9.17, 15) is 4.79 Å². The van der Waals surface area contributed by atoms with E-state index in [4.69, 9.17) is 0 Å². The molecule has 0 spiro atoms. The molecule has 0 aliphatic heterocycles. The van der Waals surface area contributed by atoms with E-state index in [-0.39, 0.29) is 24.2 Å². The van der Waals surface area contributed by atoms with Crippen molar-refractivity contribution < 1.29 is 4.79 Å². The molecule has 0 amide bonds. The maximum absolute atomic E-state index is 12.0. The van der Waals surface area contributed by atoms with E-state index in [0.29, 0.717) is 6.54 Å². The van der Waals surface area contributed by atoms with Crippen molar-refractivity contribution in [2.24, 2.45) is 0 Å². The summed E-state index contributed by atoms with van der Waals surface area (Å²) in [4.78, 5) is 12.0. The SMILES string of the molecule is CC(Cc1ccccc1)NCC(=O)c1ccc(Br)cc1.Cl. The molecule has 112 valence electrons. The van der Waals surface area contributed by atoms with Crippen LogP contribution in [0.4, 0.5) is 0 Å². The van der Waals surface area contributed by atoms with Crippen molar-refractivity contribution in [1.29, 1.82) is 0 Å². The average Bonchev–Trinajstić information content (AvgIpc) is 2.46. The van der Waals surface area contributed by atoms with Gasteiger partial charge in [-0.15, -0.1) is 12.4 Å². The molecule has 1 N–H and O–H groups in total. The topological polar surface area (TPSA) is 29.1 Å². The van der Waals surface area contributed by atoms with Crippen molar-refractivity contribution in [3.05, 3.63) is 70.2 Å². The van der Waals surface area contributed by atoms with E-state index in [1.54, 1.807) is 0 Å². The van der Waals surface area contributed by atoms with Crippen molar-refractivity contribution >= 4 is 34.1 Å². The number of ketones is 1. The van der Waals surface area contributed by atoms with Crippen LogP contribution in [0.5, 0.6) is 0 Å². The lowest BCUT2D eigenvalue weighted by Crippen LogP contribution is -2.33. The number of benzene rings is 2. The second-order valence-corrected chi connectivity index (χ2v) is 5.82. The summed E-state index contributed by atoms with van der Waals surface area (Å²) in [5, 5.41) is 3.28. The molecular formula is C17H19BrClNO. The molecule has 0 saturated carbocycles. The smallest absolute Gasteiger partial charge is 0.176 e. The van der Waals surface area contributed by atoms with E-state index < -0.39 is 0 Å². The van der Waals surface area contributed by atoms with E-state index in [0.717, 1.165) is 16.5 Å². The standard InChI is InChI=1S/C17H18BrNO.ClH/c1-13(11-14-5-3-2-4-6-14)19-12-17(20)15-7-9-16(18)10-8-15;/h2-10,13,19H,11-12H2,1H3;1H. The van der Waals surface area contributed by atoms with Gasteiger partial charge in [-0.3, -0.25) is 4.79 Å². The van der Waals surface area contributed by atoms with Crippen LogP contribution in [0, 0.1) is 0 Å². The summed E-state index contributed by atoms with van der Waals surface area (Å²) in [5.74, 6) is 0.123. The van der Waals surface area contributed by atoms with E-state index in [1.165, 1.54) is 5.56 Å². The Morgan fingerprint density at radius 1 is 1.10 bits per heavy atom. The molecule has 0 radical (unpaired) electrons. The Hall–Kier alpha value is -1.16. The first kappa shape index (κ1) is 17.9. The first-order valence-corrected chi connectivity index (χ1v) is 7.50. The fourth-order valence-electron chi connectivity index (χ4n) is 2.04. The van der Waals surface area contributed by atoms with Crippen LogP contribution < -0.4 is 5.32 Å². The largest absolute Gasteiger partial charge is 0.307 e. The molecule has 21 heavy (non-hydrogen) atoms. The molecule has 0 saturated heterocycles. The van der Waals surface area contributed by atoms with Gasteiger partial charge in [0.25, 0.3) is 0 Å². The molecule has 0 fully saturated rings. The molecule has 1 atom stereocenters. The fourth-order valence-corrected chi connectivity index (χ4v) is 2.31. The van der Waals surface area contributed by atoms with Crippen LogP contribution in [-0.2, 0) is 6.42 Å². The highest BCUT2D eigenvalue weighted by atomic mass is 79.9. The molecule has 2 rings (SSSR count). The number of rotatable bonds is 6. The second-order valence-electron chi connectivity index (χ2n) is 4.90. The van der Waals surface area contributed by atoms with Gasteiger partial charge in [0.15, 0.2) is 5.78 Å². The predicted octanol–water partition coefficient (Wildman–Crippen LogP) is 4.27. The van der Waals surface area contributed by atoms with Gasteiger partial charge in [0.1, 0.15) is 0 Å². The van der Waals surface area contributed by atoms with Gasteiger partial charge in [-0.2, -0.15) is 0 Å². The van der Waals surface area contributed by atoms with Crippen molar-refractivity contribution in [3.8, 4) is 0 Å². The Labute approximate surface area is 140 Å². The lowest BCUT2D eigenvalue weighted by Gasteiger charge is -2.13. The molecule has 4 heteroatoms. The van der Waals surface area contributed by atoms with Crippen molar-refractivity contribution in [2.75, 3.05) is 6.54 Å². The zero-order valence-electron chi connectivity index (χ0n) is 11.9. The highest BCUT2D eigenvalue weighted by Gasteiger charge is 2.08. The number of hydrogen-bond acceptors (Lipinski definition) is 2. The summed E-state index contributed by atoms with van der Waals surface area (Å²) in [7, 11) is 0. The first-order chi connectivity index (χ1) is 9.65. The molecular weight excluding hydrogens is 350 g/mol. The summed E-state index contributed by atoms with van der Waals surface area (Å²) < 4.78 is 0.986. The van der Waals surface area contributed by atoms with Gasteiger partial charge < -0.3 is 5.32 Å². The molecule has 1 unspecified atom stereocenters. The summed E-state index contributed by atoms with van der Waals surface area (Å²) in [6, 6.07) is 18.0. The van der Waals surface area contributed by atoms with Crippen LogP contribution in [0.25, 0.3) is 0 Å². The van der Waals surface area contributed by atoms with Crippen molar-refractivity contribution in [1.82, 2.24) is 5.32 Å². The number of halogens is 2. The number of nitrogens with one attached hydrogen (secondary N) is 1. The molecule has 0 aromatic heterocycles. The van der Waals surface area contributed by atoms with Crippen LogP contribution >= 0.6 is 28.3 Å². The normalized spacial score (nSPS) is 11.5. The highest BCUT2D eigenvalue weighted by Crippen LogP contribution is 2.11. The monoisotopic (exact) mass is 367 g/mol. The minimum absolute atomic E-state index is 0. The summed E-state index contributed by atoms with van der Waals surface area (Å²) >= 11 is 3.37. The third-order valence-electron chi connectivity index (χ3n) is 3.16. The Morgan fingerprint density at radius 3 is 2.33 bits per heavy atom. The number of Topliss-reactive ketones (excluding diaryl/α,β-unsaturated/α-hetero) is 1. The first-order valence-electron chi connectivity index (χ1n) is 6.71. The van der Waals surface area contributed by atoms with Crippen molar-refractivity contribution in [3.63, 3.8) is 0 Å².